The van der Waals surface area contributed by atoms with Gasteiger partial charge in [-0.3, -0.25) is 4.98 Å². The van der Waals surface area contributed by atoms with E-state index in [1.807, 2.05) is 12.3 Å². The van der Waals surface area contributed by atoms with Gasteiger partial charge in [-0.1, -0.05) is 152 Å². The summed E-state index contributed by atoms with van der Waals surface area (Å²) >= 11 is 0. The van der Waals surface area contributed by atoms with Crippen LogP contribution in [0.1, 0.15) is 0 Å². The molecule has 12 rings (SSSR count). The Hall–Kier alpha value is -7.28. The summed E-state index contributed by atoms with van der Waals surface area (Å²) in [6.45, 7) is 0. The number of aromatic nitrogens is 5. The molecule has 7 aromatic carbocycles. The maximum Gasteiger partial charge on any atom is 0.259 e. The Morgan fingerprint density at radius 3 is 1.84 bits per heavy atom. The topological polar surface area (TPSA) is 56.5 Å². The van der Waals surface area contributed by atoms with Gasteiger partial charge < -0.3 is 4.23 Å². The van der Waals surface area contributed by atoms with Crippen LogP contribution in [-0.4, -0.2) is 32.4 Å². The molecule has 1 aliphatic heterocycles. The summed E-state index contributed by atoms with van der Waals surface area (Å²) in [5.74, 6) is 1.01. The number of hydrogen-bond acceptors (Lipinski definition) is 4. The molecule has 0 fully saturated rings. The second kappa shape index (κ2) is 11.9. The zero-order chi connectivity index (χ0) is 36.8. The van der Waals surface area contributed by atoms with Crippen molar-refractivity contribution in [1.82, 2.24) is 24.2 Å². The van der Waals surface area contributed by atoms with Crippen molar-refractivity contribution in [2.45, 2.75) is 0 Å². The second-order valence-electron chi connectivity index (χ2n) is 14.6. The molecule has 56 heavy (non-hydrogen) atoms. The molecule has 11 aromatic rings. The van der Waals surface area contributed by atoms with Crippen LogP contribution in [0.25, 0.3) is 88.4 Å². The molecule has 4 aromatic heterocycles. The maximum absolute atomic E-state index is 5.35. The van der Waals surface area contributed by atoms with Gasteiger partial charge in [-0.05, 0) is 51.3 Å². The van der Waals surface area contributed by atoms with E-state index in [4.69, 9.17) is 19.9 Å². The number of pyridine rings is 3. The lowest BCUT2D eigenvalue weighted by molar-refractivity contribution is 1.23. The van der Waals surface area contributed by atoms with Gasteiger partial charge >= 0.3 is 0 Å². The van der Waals surface area contributed by atoms with Crippen LogP contribution in [0.5, 0.6) is 0 Å². The lowest BCUT2D eigenvalue weighted by atomic mass is 10.0. The van der Waals surface area contributed by atoms with Crippen molar-refractivity contribution >= 4 is 78.3 Å². The molecule has 1 aliphatic rings. The number of para-hydroxylation sites is 2. The van der Waals surface area contributed by atoms with Gasteiger partial charge in [0.05, 0.1) is 39.0 Å². The smallest absolute Gasteiger partial charge is 0.259 e. The molecule has 0 saturated heterocycles. The average molecular weight is 730 g/mol. The lowest BCUT2D eigenvalue weighted by Gasteiger charge is -2.32. The molecule has 5 heterocycles. The normalized spacial score (nSPS) is 14.9. The van der Waals surface area contributed by atoms with Crippen molar-refractivity contribution in [2.75, 3.05) is 0 Å². The molecule has 6 heteroatoms. The minimum absolute atomic E-state index is 0.912. The van der Waals surface area contributed by atoms with Crippen LogP contribution < -0.4 is 15.6 Å². The van der Waals surface area contributed by atoms with Crippen molar-refractivity contribution < 1.29 is 0 Å². The van der Waals surface area contributed by atoms with Gasteiger partial charge in [-0.2, -0.15) is 0 Å². The summed E-state index contributed by atoms with van der Waals surface area (Å²) < 4.78 is 2.60. The summed E-state index contributed by atoms with van der Waals surface area (Å²) in [6, 6.07) is 65.6. The van der Waals surface area contributed by atoms with Gasteiger partial charge in [0.15, 0.2) is 0 Å². The molecule has 0 amide bonds. The van der Waals surface area contributed by atoms with E-state index < -0.39 is 8.24 Å². The van der Waals surface area contributed by atoms with Crippen molar-refractivity contribution in [3.63, 3.8) is 0 Å². The van der Waals surface area contributed by atoms with E-state index >= 15 is 0 Å². The van der Waals surface area contributed by atoms with Gasteiger partial charge in [-0.15, -0.1) is 0 Å². The summed E-state index contributed by atoms with van der Waals surface area (Å²) in [5, 5.41) is 9.50. The van der Waals surface area contributed by atoms with Crippen LogP contribution in [0.2, 0.25) is 0 Å². The van der Waals surface area contributed by atoms with Gasteiger partial charge in [-0.25, -0.2) is 15.0 Å². The van der Waals surface area contributed by atoms with Crippen LogP contribution >= 0.6 is 0 Å². The Labute approximate surface area is 323 Å². The monoisotopic (exact) mass is 729 g/mol. The fourth-order valence-electron chi connectivity index (χ4n) is 9.11. The fourth-order valence-corrected chi connectivity index (χ4v) is 14.2. The fraction of sp³-hybridized carbons (Fsp3) is 0. The number of fused-ring (bicyclic) bond motifs is 11. The van der Waals surface area contributed by atoms with E-state index in [9.17, 15) is 0 Å². The first kappa shape index (κ1) is 31.1. The summed E-state index contributed by atoms with van der Waals surface area (Å²) in [5.41, 5.74) is 10.2. The largest absolute Gasteiger partial charge is 0.339 e. The van der Waals surface area contributed by atoms with Crippen LogP contribution in [0.3, 0.4) is 0 Å². The Morgan fingerprint density at radius 1 is 0.429 bits per heavy atom. The van der Waals surface area contributed by atoms with E-state index in [1.54, 1.807) is 0 Å². The van der Waals surface area contributed by atoms with Crippen molar-refractivity contribution in [3.05, 3.63) is 188 Å². The molecule has 0 aliphatic carbocycles. The average Bonchev–Trinajstić information content (AvgIpc) is 3.80. The Kier molecular flexibility index (Phi) is 6.59. The quantitative estimate of drug-likeness (QED) is 0.134. The van der Waals surface area contributed by atoms with Gasteiger partial charge in [0.1, 0.15) is 5.82 Å². The first-order valence-electron chi connectivity index (χ1n) is 19.0. The Morgan fingerprint density at radius 2 is 1.04 bits per heavy atom. The predicted molar refractivity (Wildman–Crippen MR) is 232 cm³/mol. The third-order valence-electron chi connectivity index (χ3n) is 11.6. The van der Waals surface area contributed by atoms with E-state index in [-0.39, 0.29) is 0 Å². The van der Waals surface area contributed by atoms with Gasteiger partial charge in [0.2, 0.25) is 0 Å². The molecule has 0 bridgehead atoms. The molecule has 0 N–H and O–H groups in total. The molecular weight excluding hydrogens is 699 g/mol. The molecule has 0 saturated carbocycles. The third-order valence-corrected chi connectivity index (χ3v) is 16.3. The van der Waals surface area contributed by atoms with Crippen molar-refractivity contribution in [1.29, 1.82) is 0 Å². The van der Waals surface area contributed by atoms with E-state index in [1.165, 1.54) is 26.5 Å². The highest BCUT2D eigenvalue weighted by molar-refractivity contribution is 7.12. The standard InChI is InChI=1S/C50H31N5Si/c1-2-16-40-32(10-1)21-22-34-25-27-42(52-47(34)40)36-11-7-14-38(30-36)56(46-20-6-3-17-41(46)50-54-44-18-4-5-19-45(44)55(50)56)39-15-8-12-37(31-39)43-28-26-35-24-23-33-13-9-29-51-48(33)49(35)53-43/h1-31H. The highest BCUT2D eigenvalue weighted by atomic mass is 28.3. The SMILES string of the molecule is c1cc(-c2ccc3ccc4ccccc4c3n2)cc([Si]2(c3cccc(-c4ccc5ccc6cccnc6c5n4)c3)c3ccccc3-c3nc4ccccc4n32)c1. The van der Waals surface area contributed by atoms with Crippen molar-refractivity contribution in [3.8, 4) is 33.9 Å². The highest BCUT2D eigenvalue weighted by Crippen LogP contribution is 2.36. The lowest BCUT2D eigenvalue weighted by Crippen LogP contribution is -2.70. The summed E-state index contributed by atoms with van der Waals surface area (Å²) in [4.78, 5) is 20.7. The van der Waals surface area contributed by atoms with Crippen LogP contribution in [0.15, 0.2) is 188 Å². The minimum atomic E-state index is -3.08. The summed E-state index contributed by atoms with van der Waals surface area (Å²) in [7, 11) is -3.08. The number of benzene rings is 7. The highest BCUT2D eigenvalue weighted by Gasteiger charge is 2.51. The number of imidazole rings is 1. The molecule has 1 atom stereocenters. The van der Waals surface area contributed by atoms with Crippen molar-refractivity contribution in [2.24, 2.45) is 0 Å². The van der Waals surface area contributed by atoms with Crippen LogP contribution in [0.4, 0.5) is 0 Å². The first-order valence-corrected chi connectivity index (χ1v) is 20.9. The van der Waals surface area contributed by atoms with E-state index in [0.717, 1.165) is 77.5 Å². The van der Waals surface area contributed by atoms with Crippen LogP contribution in [0, 0.1) is 0 Å². The molecule has 0 spiro atoms. The van der Waals surface area contributed by atoms with E-state index in [2.05, 4.69) is 180 Å². The third kappa shape index (κ3) is 4.41. The van der Waals surface area contributed by atoms with E-state index in [0.29, 0.717) is 0 Å². The Balaban J connectivity index is 1.12. The van der Waals surface area contributed by atoms with Gasteiger partial charge in [0.25, 0.3) is 8.24 Å². The number of nitrogens with zero attached hydrogens (tertiary/aromatic N) is 5. The molecule has 1 unspecified atom stereocenters. The summed E-state index contributed by atoms with van der Waals surface area (Å²) in [6.07, 6.45) is 1.85. The maximum atomic E-state index is 5.35. The number of rotatable bonds is 4. The van der Waals surface area contributed by atoms with Crippen LogP contribution in [-0.2, 0) is 0 Å². The zero-order valence-corrected chi connectivity index (χ0v) is 31.1. The Bertz CT molecular complexity index is 3240. The predicted octanol–water partition coefficient (Wildman–Crippen LogP) is 9.66. The molecule has 5 nitrogen and oxygen atoms in total. The number of hydrogen-bond donors (Lipinski definition) is 0. The zero-order valence-electron chi connectivity index (χ0n) is 30.1. The molecule has 260 valence electrons. The minimum Gasteiger partial charge on any atom is -0.339 e. The van der Waals surface area contributed by atoms with Gasteiger partial charge in [0, 0.05) is 44.4 Å². The first-order chi connectivity index (χ1) is 27.7. The molecule has 0 radical (unpaired) electrons. The molecular formula is C50H31N5Si. The second-order valence-corrected chi connectivity index (χ2v) is 18.2.